The van der Waals surface area contributed by atoms with Crippen LogP contribution >= 0.6 is 27.3 Å². The Morgan fingerprint density at radius 2 is 2.10 bits per heavy atom. The maximum Gasteiger partial charge on any atom is 0.303 e. The highest BCUT2D eigenvalue weighted by molar-refractivity contribution is 9.10. The average Bonchev–Trinajstić information content (AvgIpc) is 3.17. The summed E-state index contributed by atoms with van der Waals surface area (Å²) in [5.41, 5.74) is 0. The number of halogens is 1. The third kappa shape index (κ3) is 8.44. The number of thiophene rings is 1. The van der Waals surface area contributed by atoms with Gasteiger partial charge in [-0.1, -0.05) is 6.08 Å². The lowest BCUT2D eigenvalue weighted by atomic mass is 10.0. The largest absolute Gasteiger partial charge is 0.495 e. The monoisotopic (exact) mass is 484 g/mol. The molecule has 0 spiro atoms. The van der Waals surface area contributed by atoms with E-state index in [1.54, 1.807) is 29.8 Å². The number of rotatable bonds is 12. The number of carbonyl (C=O) groups excluding carboxylic acids is 1. The van der Waals surface area contributed by atoms with Crippen molar-refractivity contribution < 1.29 is 24.5 Å². The summed E-state index contributed by atoms with van der Waals surface area (Å²) in [5.74, 6) is -0.700. The molecule has 0 radical (unpaired) electrons. The minimum absolute atomic E-state index is 0.00789. The van der Waals surface area contributed by atoms with Gasteiger partial charge in [-0.05, 0) is 79.6 Å². The van der Waals surface area contributed by atoms with E-state index in [0.29, 0.717) is 25.7 Å². The Bertz CT molecular complexity index is 720. The van der Waals surface area contributed by atoms with Gasteiger partial charge < -0.3 is 14.9 Å². The highest BCUT2D eigenvalue weighted by Gasteiger charge is 2.34. The first-order valence-corrected chi connectivity index (χ1v) is 11.6. The molecule has 0 saturated heterocycles. The van der Waals surface area contributed by atoms with Crippen LogP contribution in [0.4, 0.5) is 0 Å². The molecule has 7 heteroatoms. The summed E-state index contributed by atoms with van der Waals surface area (Å²) < 4.78 is 6.81. The van der Waals surface area contributed by atoms with Gasteiger partial charge in [0, 0.05) is 33.0 Å². The zero-order valence-electron chi connectivity index (χ0n) is 16.7. The molecule has 1 unspecified atom stereocenters. The van der Waals surface area contributed by atoms with Crippen molar-refractivity contribution in [1.29, 1.82) is 0 Å². The predicted octanol–water partition coefficient (Wildman–Crippen LogP) is 5.19. The maximum absolute atomic E-state index is 12.2. The molecule has 2 N–H and O–H groups in total. The number of ether oxygens (including phenoxy) is 1. The lowest BCUT2D eigenvalue weighted by Gasteiger charge is -2.19. The summed E-state index contributed by atoms with van der Waals surface area (Å²) in [6.07, 6.45) is 10.9. The van der Waals surface area contributed by atoms with E-state index >= 15 is 0 Å². The Labute approximate surface area is 184 Å². The third-order valence-corrected chi connectivity index (χ3v) is 7.17. The first-order valence-electron chi connectivity index (χ1n) is 10.0. The number of hydrogen-bond donors (Lipinski definition) is 2. The van der Waals surface area contributed by atoms with Gasteiger partial charge in [0.15, 0.2) is 5.78 Å². The Balaban J connectivity index is 1.73. The summed E-state index contributed by atoms with van der Waals surface area (Å²) in [7, 11) is 0. The fraction of sp³-hybridized carbons (Fsp3) is 0.545. The van der Waals surface area contributed by atoms with Crippen molar-refractivity contribution in [3.63, 3.8) is 0 Å². The van der Waals surface area contributed by atoms with Gasteiger partial charge in [0.05, 0.1) is 12.4 Å². The SMILES string of the molecule is Cc1sc(CCCC(=O)/C=C/[C@H]2CCC(O)[C@@H]2O/C=C\CCCC(=O)O)cc1Br. The van der Waals surface area contributed by atoms with Crippen LogP contribution in [-0.4, -0.2) is 34.2 Å². The molecule has 0 bridgehead atoms. The minimum Gasteiger partial charge on any atom is -0.495 e. The standard InChI is InChI=1S/C22H29BrO5S/c1-15-19(23)14-18(29-15)7-5-6-17(24)11-9-16-10-12-20(25)22(16)28-13-4-2-3-8-21(26)27/h4,9,11,13-14,16,20,22,25H,2-3,5-8,10,12H2,1H3,(H,26,27)/b11-9+,13-4-/t16-,20?,22+/m0/s1. The van der Waals surface area contributed by atoms with Crippen molar-refractivity contribution in [3.05, 3.63) is 44.8 Å². The molecule has 29 heavy (non-hydrogen) atoms. The lowest BCUT2D eigenvalue weighted by molar-refractivity contribution is -0.137. The van der Waals surface area contributed by atoms with Crippen molar-refractivity contribution >= 4 is 39.0 Å². The van der Waals surface area contributed by atoms with Crippen LogP contribution < -0.4 is 0 Å². The molecule has 2 rings (SSSR count). The molecule has 1 saturated carbocycles. The van der Waals surface area contributed by atoms with Crippen molar-refractivity contribution in [2.75, 3.05) is 0 Å². The quantitative estimate of drug-likeness (QED) is 0.242. The van der Waals surface area contributed by atoms with Crippen LogP contribution in [-0.2, 0) is 20.7 Å². The second-order valence-corrected chi connectivity index (χ2v) is 9.56. The highest BCUT2D eigenvalue weighted by Crippen LogP contribution is 2.30. The number of unbranched alkanes of at least 4 members (excludes halogenated alkanes) is 1. The van der Waals surface area contributed by atoms with Crippen LogP contribution in [0.2, 0.25) is 0 Å². The van der Waals surface area contributed by atoms with E-state index in [4.69, 9.17) is 9.84 Å². The zero-order valence-corrected chi connectivity index (χ0v) is 19.1. The molecule has 1 aliphatic carbocycles. The summed E-state index contributed by atoms with van der Waals surface area (Å²) in [6, 6.07) is 2.12. The molecule has 0 aliphatic heterocycles. The van der Waals surface area contributed by atoms with Crippen LogP contribution in [0.1, 0.15) is 54.7 Å². The molecular weight excluding hydrogens is 456 g/mol. The van der Waals surface area contributed by atoms with E-state index in [1.165, 1.54) is 9.75 Å². The van der Waals surface area contributed by atoms with Crippen molar-refractivity contribution in [3.8, 4) is 0 Å². The molecule has 1 aromatic heterocycles. The third-order valence-electron chi connectivity index (χ3n) is 4.97. The second kappa shape index (κ2) is 12.3. The first-order chi connectivity index (χ1) is 13.9. The molecule has 1 fully saturated rings. The lowest BCUT2D eigenvalue weighted by Crippen LogP contribution is -2.26. The van der Waals surface area contributed by atoms with Crippen LogP contribution in [0.5, 0.6) is 0 Å². The van der Waals surface area contributed by atoms with Gasteiger partial charge in [-0.25, -0.2) is 0 Å². The van der Waals surface area contributed by atoms with Gasteiger partial charge in [-0.3, -0.25) is 9.59 Å². The number of carbonyl (C=O) groups is 2. The smallest absolute Gasteiger partial charge is 0.303 e. The molecule has 1 aliphatic rings. The number of aliphatic carboxylic acids is 1. The number of aliphatic hydroxyl groups excluding tert-OH is 1. The number of aryl methyl sites for hydroxylation is 2. The molecule has 5 nitrogen and oxygen atoms in total. The predicted molar refractivity (Wildman–Crippen MR) is 118 cm³/mol. The second-order valence-electron chi connectivity index (χ2n) is 7.36. The topological polar surface area (TPSA) is 83.8 Å². The van der Waals surface area contributed by atoms with E-state index < -0.39 is 12.1 Å². The summed E-state index contributed by atoms with van der Waals surface area (Å²) in [5, 5.41) is 18.7. The minimum atomic E-state index is -0.807. The summed E-state index contributed by atoms with van der Waals surface area (Å²) in [4.78, 5) is 25.2. The number of allylic oxidation sites excluding steroid dienone is 2. The van der Waals surface area contributed by atoms with E-state index in [-0.39, 0.29) is 24.2 Å². The average molecular weight is 485 g/mol. The molecular formula is C22H29BrO5S. The summed E-state index contributed by atoms with van der Waals surface area (Å²) in [6.45, 7) is 2.08. The molecule has 3 atom stereocenters. The Morgan fingerprint density at radius 1 is 1.31 bits per heavy atom. The van der Waals surface area contributed by atoms with Gasteiger partial charge in [-0.15, -0.1) is 11.3 Å². The van der Waals surface area contributed by atoms with E-state index in [9.17, 15) is 14.7 Å². The van der Waals surface area contributed by atoms with Crippen LogP contribution in [0, 0.1) is 12.8 Å². The maximum atomic E-state index is 12.2. The number of aliphatic hydroxyl groups is 1. The highest BCUT2D eigenvalue weighted by atomic mass is 79.9. The summed E-state index contributed by atoms with van der Waals surface area (Å²) >= 11 is 5.28. The molecule has 0 amide bonds. The van der Waals surface area contributed by atoms with E-state index in [2.05, 4.69) is 28.9 Å². The van der Waals surface area contributed by atoms with Crippen molar-refractivity contribution in [2.24, 2.45) is 5.92 Å². The number of carboxylic acids is 1. The van der Waals surface area contributed by atoms with Crippen LogP contribution in [0.15, 0.2) is 35.0 Å². The number of carboxylic acid groups (broad SMARTS) is 1. The first kappa shape index (κ1) is 23.8. The van der Waals surface area contributed by atoms with Crippen LogP contribution in [0.25, 0.3) is 0 Å². The Morgan fingerprint density at radius 3 is 2.79 bits per heavy atom. The Hall–Kier alpha value is -1.44. The fourth-order valence-electron chi connectivity index (χ4n) is 3.35. The fourth-order valence-corrected chi connectivity index (χ4v) is 5.00. The number of hydrogen-bond acceptors (Lipinski definition) is 5. The van der Waals surface area contributed by atoms with E-state index in [1.807, 2.05) is 6.08 Å². The van der Waals surface area contributed by atoms with Gasteiger partial charge in [0.1, 0.15) is 6.10 Å². The normalized spacial score (nSPS) is 22.0. The molecule has 160 valence electrons. The van der Waals surface area contributed by atoms with Crippen LogP contribution in [0.3, 0.4) is 0 Å². The van der Waals surface area contributed by atoms with Gasteiger partial charge in [0.25, 0.3) is 0 Å². The molecule has 1 aromatic rings. The van der Waals surface area contributed by atoms with Crippen molar-refractivity contribution in [2.45, 2.75) is 70.5 Å². The molecule has 0 aromatic carbocycles. The molecule has 1 heterocycles. The van der Waals surface area contributed by atoms with Gasteiger partial charge >= 0.3 is 5.97 Å². The van der Waals surface area contributed by atoms with Gasteiger partial charge in [0.2, 0.25) is 0 Å². The zero-order chi connectivity index (χ0) is 21.2. The van der Waals surface area contributed by atoms with Crippen molar-refractivity contribution in [1.82, 2.24) is 0 Å². The Kier molecular flexibility index (Phi) is 10.1. The number of ketones is 1. The van der Waals surface area contributed by atoms with E-state index in [0.717, 1.165) is 23.7 Å². The van der Waals surface area contributed by atoms with Gasteiger partial charge in [-0.2, -0.15) is 0 Å².